The van der Waals surface area contributed by atoms with E-state index in [-0.39, 0.29) is 11.9 Å². The minimum atomic E-state index is -4.39. The van der Waals surface area contributed by atoms with Gasteiger partial charge in [-0.15, -0.1) is 0 Å². The average molecular weight is 579 g/mol. The fraction of sp³-hybridized carbons (Fsp3) is 0.412. The van der Waals surface area contributed by atoms with Crippen LogP contribution in [0.3, 0.4) is 0 Å². The number of nitrogens with zero attached hydrogens (tertiary/aromatic N) is 4. The van der Waals surface area contributed by atoms with Gasteiger partial charge in [0.15, 0.2) is 0 Å². The molecule has 1 aliphatic rings. The molecule has 1 saturated heterocycles. The number of halogens is 3. The Hall–Kier alpha value is -3.65. The molecule has 42 heavy (non-hydrogen) atoms. The molecule has 3 aromatic rings. The maximum Gasteiger partial charge on any atom is 0.416 e. The maximum atomic E-state index is 13.6. The molecule has 1 unspecified atom stereocenters. The summed E-state index contributed by atoms with van der Waals surface area (Å²) in [5, 5.41) is 0. The Morgan fingerprint density at radius 1 is 0.976 bits per heavy atom. The van der Waals surface area contributed by atoms with Crippen LogP contribution in [0.2, 0.25) is 0 Å². The summed E-state index contributed by atoms with van der Waals surface area (Å²) in [6, 6.07) is 17.1. The minimum absolute atomic E-state index is 0.0815. The van der Waals surface area contributed by atoms with E-state index in [1.54, 1.807) is 18.5 Å². The third-order valence-electron chi connectivity index (χ3n) is 7.92. The summed E-state index contributed by atoms with van der Waals surface area (Å²) in [6.45, 7) is 7.99. The van der Waals surface area contributed by atoms with Crippen LogP contribution in [0.1, 0.15) is 56.2 Å². The normalized spacial score (nSPS) is 16.5. The second kappa shape index (κ2) is 14.5. The van der Waals surface area contributed by atoms with Gasteiger partial charge in [-0.1, -0.05) is 38.1 Å². The third kappa shape index (κ3) is 8.92. The van der Waals surface area contributed by atoms with Crippen LogP contribution in [0, 0.1) is 5.92 Å². The first kappa shape index (κ1) is 31.3. The Morgan fingerprint density at radius 3 is 2.29 bits per heavy atom. The molecule has 8 heteroatoms. The fourth-order valence-corrected chi connectivity index (χ4v) is 5.29. The van der Waals surface area contributed by atoms with Gasteiger partial charge in [0.1, 0.15) is 0 Å². The van der Waals surface area contributed by atoms with Gasteiger partial charge in [0.05, 0.1) is 5.56 Å². The van der Waals surface area contributed by atoms with E-state index in [4.69, 9.17) is 0 Å². The number of alkyl halides is 3. The van der Waals surface area contributed by atoms with Gasteiger partial charge in [0.25, 0.3) is 0 Å². The van der Waals surface area contributed by atoms with Crippen LogP contribution >= 0.6 is 0 Å². The van der Waals surface area contributed by atoms with E-state index in [1.165, 1.54) is 18.2 Å². The molecule has 4 rings (SSSR count). The highest BCUT2D eigenvalue weighted by atomic mass is 19.4. The van der Waals surface area contributed by atoms with Crippen molar-refractivity contribution in [2.45, 2.75) is 58.3 Å². The van der Waals surface area contributed by atoms with Crippen molar-refractivity contribution in [2.75, 3.05) is 31.6 Å². The van der Waals surface area contributed by atoms with E-state index in [2.05, 4.69) is 52.9 Å². The van der Waals surface area contributed by atoms with E-state index in [0.717, 1.165) is 74.4 Å². The summed E-state index contributed by atoms with van der Waals surface area (Å²) in [4.78, 5) is 24.3. The van der Waals surface area contributed by atoms with Crippen LogP contribution < -0.4 is 4.90 Å². The molecule has 0 N–H and O–H groups in total. The van der Waals surface area contributed by atoms with Crippen LogP contribution in [0.25, 0.3) is 6.08 Å². The van der Waals surface area contributed by atoms with E-state index < -0.39 is 11.7 Å². The number of aromatic nitrogens is 1. The number of amides is 1. The molecule has 0 saturated carbocycles. The lowest BCUT2D eigenvalue weighted by atomic mass is 10.0. The molecule has 0 bridgehead atoms. The number of carbonyl (C=O) groups is 1. The molecule has 1 amide bonds. The van der Waals surface area contributed by atoms with E-state index in [0.29, 0.717) is 18.0 Å². The maximum absolute atomic E-state index is 13.6. The monoisotopic (exact) mass is 578 g/mol. The van der Waals surface area contributed by atoms with Gasteiger partial charge in [-0.2, -0.15) is 13.2 Å². The van der Waals surface area contributed by atoms with Gasteiger partial charge in [0.2, 0.25) is 5.91 Å². The van der Waals surface area contributed by atoms with E-state index >= 15 is 0 Å². The van der Waals surface area contributed by atoms with Crippen LogP contribution in [0.4, 0.5) is 24.5 Å². The minimum Gasteiger partial charge on any atom is -0.345 e. The van der Waals surface area contributed by atoms with Crippen LogP contribution in [-0.2, 0) is 17.5 Å². The molecule has 5 nitrogen and oxygen atoms in total. The second-order valence-electron chi connectivity index (χ2n) is 11.5. The summed E-state index contributed by atoms with van der Waals surface area (Å²) in [5.41, 5.74) is 2.94. The molecule has 0 aliphatic carbocycles. The van der Waals surface area contributed by atoms with Gasteiger partial charge < -0.3 is 14.7 Å². The third-order valence-corrected chi connectivity index (χ3v) is 7.92. The quantitative estimate of drug-likeness (QED) is 0.230. The molecule has 1 atom stereocenters. The van der Waals surface area contributed by atoms with Crippen molar-refractivity contribution in [3.63, 3.8) is 0 Å². The molecule has 0 spiro atoms. The first-order valence-electron chi connectivity index (χ1n) is 14.7. The number of carbonyl (C=O) groups excluding carboxylic acids is 1. The van der Waals surface area contributed by atoms with Gasteiger partial charge >= 0.3 is 6.18 Å². The molecule has 1 aromatic heterocycles. The van der Waals surface area contributed by atoms with Crippen molar-refractivity contribution in [1.82, 2.24) is 14.8 Å². The lowest BCUT2D eigenvalue weighted by molar-refractivity contribution is -0.137. The van der Waals surface area contributed by atoms with E-state index in [9.17, 15) is 18.0 Å². The van der Waals surface area contributed by atoms with Crippen molar-refractivity contribution in [3.8, 4) is 0 Å². The van der Waals surface area contributed by atoms with Gasteiger partial charge in [-0.3, -0.25) is 9.78 Å². The highest BCUT2D eigenvalue weighted by molar-refractivity contribution is 5.92. The summed E-state index contributed by atoms with van der Waals surface area (Å²) in [7, 11) is 2.00. The van der Waals surface area contributed by atoms with Crippen molar-refractivity contribution < 1.29 is 18.0 Å². The molecular weight excluding hydrogens is 537 g/mol. The predicted molar refractivity (Wildman–Crippen MR) is 163 cm³/mol. The second-order valence-corrected chi connectivity index (χ2v) is 11.5. The topological polar surface area (TPSA) is 39.7 Å². The Kier molecular flexibility index (Phi) is 10.8. The number of benzene rings is 2. The number of rotatable bonds is 10. The van der Waals surface area contributed by atoms with Crippen molar-refractivity contribution in [1.29, 1.82) is 0 Å². The number of pyridine rings is 1. The predicted octanol–water partition coefficient (Wildman–Crippen LogP) is 7.81. The first-order chi connectivity index (χ1) is 20.1. The highest BCUT2D eigenvalue weighted by Crippen LogP contribution is 2.29. The number of likely N-dealkylation sites (tertiary alicyclic amines) is 1. The highest BCUT2D eigenvalue weighted by Gasteiger charge is 2.30. The zero-order valence-electron chi connectivity index (χ0n) is 24.7. The Balaban J connectivity index is 1.50. The summed E-state index contributed by atoms with van der Waals surface area (Å²) >= 11 is 0. The summed E-state index contributed by atoms with van der Waals surface area (Å²) in [5.74, 6) is 0.520. The lowest BCUT2D eigenvalue weighted by Crippen LogP contribution is -2.39. The summed E-state index contributed by atoms with van der Waals surface area (Å²) in [6.07, 6.45) is 6.22. The van der Waals surface area contributed by atoms with Crippen LogP contribution in [0.15, 0.2) is 79.1 Å². The SMILES string of the molecule is CC(C)CCN1CCCC(N(Cc2ccc(N(C)c3ccncc3)cc2)C(=O)/C=C/c2ccc(C(F)(F)F)cc2)CC1. The van der Waals surface area contributed by atoms with Crippen LogP contribution in [0.5, 0.6) is 0 Å². The molecule has 1 fully saturated rings. The van der Waals surface area contributed by atoms with Crippen molar-refractivity contribution >= 4 is 23.4 Å². The summed E-state index contributed by atoms with van der Waals surface area (Å²) < 4.78 is 38.9. The number of hydrogen-bond acceptors (Lipinski definition) is 4. The van der Waals surface area contributed by atoms with Crippen molar-refractivity contribution in [2.24, 2.45) is 5.92 Å². The van der Waals surface area contributed by atoms with Crippen LogP contribution in [-0.4, -0.2) is 53.4 Å². The Bertz CT molecular complexity index is 1290. The fourth-order valence-electron chi connectivity index (χ4n) is 5.29. The lowest BCUT2D eigenvalue weighted by Gasteiger charge is -2.31. The molecule has 2 aromatic carbocycles. The number of hydrogen-bond donors (Lipinski definition) is 0. The molecule has 2 heterocycles. The smallest absolute Gasteiger partial charge is 0.345 e. The number of anilines is 2. The van der Waals surface area contributed by atoms with Crippen molar-refractivity contribution in [3.05, 3.63) is 95.8 Å². The Morgan fingerprint density at radius 2 is 1.64 bits per heavy atom. The first-order valence-corrected chi connectivity index (χ1v) is 14.7. The molecular formula is C34H41F3N4O. The zero-order valence-corrected chi connectivity index (χ0v) is 24.7. The molecule has 224 valence electrons. The standard InChI is InChI=1S/C34H41F3N4O/c1-26(2)18-23-40-22-4-5-32(19-24-40)41(33(42)15-10-27-6-11-29(12-7-27)34(35,36)37)25-28-8-13-30(14-9-28)39(3)31-16-20-38-21-17-31/h6-17,20-21,26,32H,4-5,18-19,22-25H2,1-3H3/b15-10+. The largest absolute Gasteiger partial charge is 0.416 e. The molecule has 1 aliphatic heterocycles. The van der Waals surface area contributed by atoms with Gasteiger partial charge in [-0.05, 0) is 98.3 Å². The van der Waals surface area contributed by atoms with E-state index in [1.807, 2.05) is 24.1 Å². The van der Waals surface area contributed by atoms with Gasteiger partial charge in [-0.25, -0.2) is 0 Å². The van der Waals surface area contributed by atoms with Gasteiger partial charge in [0, 0.05) is 56.0 Å². The zero-order chi connectivity index (χ0) is 30.1. The molecule has 0 radical (unpaired) electrons. The average Bonchev–Trinajstić information content (AvgIpc) is 3.23. The Labute approximate surface area is 247 Å².